The monoisotopic (exact) mass is 430 g/mol. The van der Waals surface area contributed by atoms with E-state index in [4.69, 9.17) is 35.4 Å². The predicted octanol–water partition coefficient (Wildman–Crippen LogP) is 4.87. The summed E-state index contributed by atoms with van der Waals surface area (Å²) in [6.07, 6.45) is 0. The first-order valence-electron chi connectivity index (χ1n) is 6.66. The van der Waals surface area contributed by atoms with Crippen molar-refractivity contribution < 1.29 is 4.79 Å². The molecule has 0 unspecified atom stereocenters. The summed E-state index contributed by atoms with van der Waals surface area (Å²) in [5.74, 6) is -0.273. The molecule has 0 saturated heterocycles. The Kier molecular flexibility index (Phi) is 6.41. The summed E-state index contributed by atoms with van der Waals surface area (Å²) in [5, 5.41) is 6.93. The first-order valence-corrected chi connectivity index (χ1v) is 8.62. The molecule has 0 aromatic heterocycles. The Balaban J connectivity index is 1.93. The molecule has 0 aliphatic carbocycles. The third-order valence-corrected chi connectivity index (χ3v) is 4.80. The van der Waals surface area contributed by atoms with Crippen molar-refractivity contribution in [1.82, 2.24) is 10.6 Å². The number of rotatable bonds is 3. The molecule has 2 aromatic rings. The number of hydrogen-bond acceptors (Lipinski definition) is 2. The third-order valence-electron chi connectivity index (χ3n) is 3.12. The van der Waals surface area contributed by atoms with E-state index in [1.807, 2.05) is 13.0 Å². The van der Waals surface area contributed by atoms with Gasteiger partial charge in [0.05, 0.1) is 0 Å². The standard InChI is InChI=1S/C16H13BrCl2N2OS/c1-9-2-3-10(6-13(9)17)15(22)21-16(23)20-8-11-4-5-12(18)7-14(11)19/h2-7H,8H2,1H3,(H2,20,21,22,23). The number of carbonyl (C=O) groups is 1. The summed E-state index contributed by atoms with van der Waals surface area (Å²) in [4.78, 5) is 12.1. The molecule has 2 N–H and O–H groups in total. The van der Waals surface area contributed by atoms with E-state index < -0.39 is 0 Å². The van der Waals surface area contributed by atoms with Crippen molar-refractivity contribution in [1.29, 1.82) is 0 Å². The Bertz CT molecular complexity index is 768. The number of amides is 1. The summed E-state index contributed by atoms with van der Waals surface area (Å²) in [6.45, 7) is 2.35. The van der Waals surface area contributed by atoms with E-state index in [2.05, 4.69) is 26.6 Å². The van der Waals surface area contributed by atoms with Crippen LogP contribution in [0.2, 0.25) is 10.0 Å². The normalized spacial score (nSPS) is 10.3. The van der Waals surface area contributed by atoms with Crippen LogP contribution in [0, 0.1) is 6.92 Å². The first kappa shape index (κ1) is 18.2. The fourth-order valence-corrected chi connectivity index (χ4v) is 2.81. The molecule has 3 nitrogen and oxygen atoms in total. The zero-order valence-electron chi connectivity index (χ0n) is 12.1. The Morgan fingerprint density at radius 3 is 2.61 bits per heavy atom. The lowest BCUT2D eigenvalue weighted by Crippen LogP contribution is -2.38. The van der Waals surface area contributed by atoms with E-state index >= 15 is 0 Å². The molecule has 7 heteroatoms. The van der Waals surface area contributed by atoms with Gasteiger partial charge in [-0.15, -0.1) is 0 Å². The van der Waals surface area contributed by atoms with Gasteiger partial charge in [0.2, 0.25) is 0 Å². The highest BCUT2D eigenvalue weighted by atomic mass is 79.9. The van der Waals surface area contributed by atoms with E-state index in [1.54, 1.807) is 30.3 Å². The lowest BCUT2D eigenvalue weighted by Gasteiger charge is -2.11. The van der Waals surface area contributed by atoms with E-state index in [1.165, 1.54) is 0 Å². The fraction of sp³-hybridized carbons (Fsp3) is 0.125. The van der Waals surface area contributed by atoms with Crippen LogP contribution >= 0.6 is 51.3 Å². The molecule has 0 saturated carbocycles. The van der Waals surface area contributed by atoms with Crippen LogP contribution in [-0.2, 0) is 6.54 Å². The first-order chi connectivity index (χ1) is 10.9. The van der Waals surface area contributed by atoms with Crippen LogP contribution in [0.25, 0.3) is 0 Å². The summed E-state index contributed by atoms with van der Waals surface area (Å²) >= 11 is 20.5. The van der Waals surface area contributed by atoms with Gasteiger partial charge in [-0.2, -0.15) is 0 Å². The molecule has 2 rings (SSSR count). The van der Waals surface area contributed by atoms with Gasteiger partial charge < -0.3 is 5.32 Å². The van der Waals surface area contributed by atoms with E-state index in [-0.39, 0.29) is 11.0 Å². The average molecular weight is 432 g/mol. The number of carbonyl (C=O) groups excluding carboxylic acids is 1. The molecule has 0 aliphatic heterocycles. The maximum atomic E-state index is 12.1. The lowest BCUT2D eigenvalue weighted by molar-refractivity contribution is 0.0976. The molecule has 0 aliphatic rings. The summed E-state index contributed by atoms with van der Waals surface area (Å²) in [5.41, 5.74) is 2.42. The topological polar surface area (TPSA) is 41.1 Å². The number of benzene rings is 2. The van der Waals surface area contributed by atoms with Crippen LogP contribution in [0.5, 0.6) is 0 Å². The van der Waals surface area contributed by atoms with Crippen molar-refractivity contribution in [3.63, 3.8) is 0 Å². The second-order valence-corrected chi connectivity index (χ2v) is 6.94. The zero-order valence-corrected chi connectivity index (χ0v) is 16.0. The Hall–Kier alpha value is -1.14. The van der Waals surface area contributed by atoms with Crippen molar-refractivity contribution in [2.75, 3.05) is 0 Å². The Morgan fingerprint density at radius 1 is 1.22 bits per heavy atom. The maximum absolute atomic E-state index is 12.1. The van der Waals surface area contributed by atoms with Gasteiger partial charge in [-0.1, -0.05) is 51.3 Å². The molecule has 0 spiro atoms. The number of hydrogen-bond donors (Lipinski definition) is 2. The van der Waals surface area contributed by atoms with Crippen molar-refractivity contribution >= 4 is 62.4 Å². The molecule has 0 radical (unpaired) electrons. The fourth-order valence-electron chi connectivity index (χ4n) is 1.79. The molecule has 1 amide bonds. The second-order valence-electron chi connectivity index (χ2n) is 4.84. The second kappa shape index (κ2) is 8.11. The van der Waals surface area contributed by atoms with Crippen molar-refractivity contribution in [3.05, 3.63) is 67.6 Å². The molecule has 23 heavy (non-hydrogen) atoms. The van der Waals surface area contributed by atoms with E-state index in [0.717, 1.165) is 15.6 Å². The van der Waals surface area contributed by atoms with Gasteiger partial charge in [-0.05, 0) is 54.5 Å². The highest BCUT2D eigenvalue weighted by molar-refractivity contribution is 9.10. The van der Waals surface area contributed by atoms with E-state index in [9.17, 15) is 4.79 Å². The molecule has 0 fully saturated rings. The van der Waals surface area contributed by atoms with Gasteiger partial charge in [0.15, 0.2) is 5.11 Å². The van der Waals surface area contributed by atoms with Gasteiger partial charge in [0.1, 0.15) is 0 Å². The van der Waals surface area contributed by atoms with Gasteiger partial charge >= 0.3 is 0 Å². The summed E-state index contributed by atoms with van der Waals surface area (Å²) in [7, 11) is 0. The maximum Gasteiger partial charge on any atom is 0.257 e. The van der Waals surface area contributed by atoms with Crippen LogP contribution in [0.15, 0.2) is 40.9 Å². The van der Waals surface area contributed by atoms with E-state index in [0.29, 0.717) is 22.2 Å². The van der Waals surface area contributed by atoms with Crippen LogP contribution in [-0.4, -0.2) is 11.0 Å². The van der Waals surface area contributed by atoms with Crippen molar-refractivity contribution in [2.45, 2.75) is 13.5 Å². The third kappa shape index (κ3) is 5.18. The van der Waals surface area contributed by atoms with Gasteiger partial charge in [-0.25, -0.2) is 0 Å². The Morgan fingerprint density at radius 2 is 1.96 bits per heavy atom. The molecular formula is C16H13BrCl2N2OS. The number of aryl methyl sites for hydroxylation is 1. The number of nitrogens with one attached hydrogen (secondary N) is 2. The summed E-state index contributed by atoms with van der Waals surface area (Å²) < 4.78 is 0.872. The zero-order chi connectivity index (χ0) is 17.0. The Labute approximate surface area is 158 Å². The largest absolute Gasteiger partial charge is 0.358 e. The average Bonchev–Trinajstić information content (AvgIpc) is 2.49. The lowest BCUT2D eigenvalue weighted by atomic mass is 10.1. The van der Waals surface area contributed by atoms with Crippen LogP contribution < -0.4 is 10.6 Å². The number of halogens is 3. The molecule has 2 aromatic carbocycles. The van der Waals surface area contributed by atoms with Crippen LogP contribution in [0.1, 0.15) is 21.5 Å². The van der Waals surface area contributed by atoms with Gasteiger partial charge in [-0.3, -0.25) is 10.1 Å². The molecule has 0 heterocycles. The van der Waals surface area contributed by atoms with Crippen molar-refractivity contribution in [3.8, 4) is 0 Å². The predicted molar refractivity (Wildman–Crippen MR) is 102 cm³/mol. The minimum Gasteiger partial charge on any atom is -0.358 e. The molecule has 0 atom stereocenters. The molecule has 120 valence electrons. The minimum atomic E-state index is -0.273. The van der Waals surface area contributed by atoms with Crippen LogP contribution in [0.3, 0.4) is 0 Å². The smallest absolute Gasteiger partial charge is 0.257 e. The van der Waals surface area contributed by atoms with Gasteiger partial charge in [0.25, 0.3) is 5.91 Å². The summed E-state index contributed by atoms with van der Waals surface area (Å²) in [6, 6.07) is 10.6. The highest BCUT2D eigenvalue weighted by Gasteiger charge is 2.09. The highest BCUT2D eigenvalue weighted by Crippen LogP contribution is 2.20. The number of thiocarbonyl (C=S) groups is 1. The molecular weight excluding hydrogens is 419 g/mol. The molecule has 0 bridgehead atoms. The van der Waals surface area contributed by atoms with Crippen LogP contribution in [0.4, 0.5) is 0 Å². The van der Waals surface area contributed by atoms with Gasteiger partial charge in [0, 0.05) is 26.6 Å². The quantitative estimate of drug-likeness (QED) is 0.681. The minimum absolute atomic E-state index is 0.234. The SMILES string of the molecule is Cc1ccc(C(=O)NC(=S)NCc2ccc(Cl)cc2Cl)cc1Br. The van der Waals surface area contributed by atoms with Crippen molar-refractivity contribution in [2.24, 2.45) is 0 Å².